The van der Waals surface area contributed by atoms with Gasteiger partial charge in [-0.05, 0) is 38.5 Å². The van der Waals surface area contributed by atoms with Crippen molar-refractivity contribution >= 4 is 41.7 Å². The zero-order valence-electron chi connectivity index (χ0n) is 25.3. The minimum atomic E-state index is -1.21. The molecule has 0 aromatic carbocycles. The first-order chi connectivity index (χ1) is 21.1. The average Bonchev–Trinajstić information content (AvgIpc) is 2.92. The number of rotatable bonds is 28. The molecule has 0 rings (SSSR count). The van der Waals surface area contributed by atoms with Crippen molar-refractivity contribution in [2.75, 3.05) is 72.0 Å². The zero-order valence-corrected chi connectivity index (χ0v) is 25.3. The van der Waals surface area contributed by atoms with E-state index in [4.69, 9.17) is 21.7 Å². The van der Waals surface area contributed by atoms with E-state index in [1.54, 1.807) is 0 Å². The van der Waals surface area contributed by atoms with Gasteiger partial charge in [-0.15, -0.1) is 0 Å². The summed E-state index contributed by atoms with van der Waals surface area (Å²) in [7, 11) is 0. The van der Waals surface area contributed by atoms with Gasteiger partial charge in [-0.2, -0.15) is 0 Å². The normalized spacial score (nSPS) is 12.6. The number of carboxylic acid groups (broad SMARTS) is 5. The molecule has 0 bridgehead atoms. The molecule has 19 nitrogen and oxygen atoms in total. The maximum Gasteiger partial charge on any atom is 0.320 e. The smallest absolute Gasteiger partial charge is 0.320 e. The number of hydrogen-bond donors (Lipinski definition) is 9. The van der Waals surface area contributed by atoms with Crippen molar-refractivity contribution in [3.8, 4) is 0 Å². The molecular weight excluding hydrogens is 602 g/mol. The second kappa shape index (κ2) is 23.5. The number of carbonyl (C=O) groups excluding carboxylic acids is 2. The van der Waals surface area contributed by atoms with Gasteiger partial charge in [0.05, 0.1) is 32.7 Å². The summed E-state index contributed by atoms with van der Waals surface area (Å²) in [5.74, 6) is -6.81. The van der Waals surface area contributed by atoms with Gasteiger partial charge in [0, 0.05) is 39.3 Å². The number of carbonyl (C=O) groups is 7. The van der Waals surface area contributed by atoms with Crippen molar-refractivity contribution in [3.63, 3.8) is 0 Å². The summed E-state index contributed by atoms with van der Waals surface area (Å²) in [6, 6.07) is -2.00. The van der Waals surface area contributed by atoms with Crippen LogP contribution in [-0.4, -0.2) is 166 Å². The van der Waals surface area contributed by atoms with Gasteiger partial charge >= 0.3 is 29.8 Å². The van der Waals surface area contributed by atoms with E-state index in [-0.39, 0.29) is 65.2 Å². The maximum atomic E-state index is 12.3. The molecular formula is C26H47N7O12. The molecule has 0 saturated carbocycles. The van der Waals surface area contributed by atoms with Crippen LogP contribution in [-0.2, 0) is 33.6 Å². The summed E-state index contributed by atoms with van der Waals surface area (Å²) in [6.45, 7) is -1.59. The summed E-state index contributed by atoms with van der Waals surface area (Å²) >= 11 is 0. The molecule has 0 spiro atoms. The summed E-state index contributed by atoms with van der Waals surface area (Å²) in [5, 5.41) is 50.7. The number of carboxylic acids is 5. The maximum absolute atomic E-state index is 12.3. The van der Waals surface area contributed by atoms with Gasteiger partial charge in [-0.25, -0.2) is 0 Å². The lowest BCUT2D eigenvalue weighted by atomic mass is 10.1. The number of nitrogens with two attached hydrogens (primary N) is 2. The Kier molecular flexibility index (Phi) is 21.4. The van der Waals surface area contributed by atoms with Crippen molar-refractivity contribution in [1.29, 1.82) is 0 Å². The molecule has 0 aromatic rings. The lowest BCUT2D eigenvalue weighted by Gasteiger charge is -2.28. The first-order valence-electron chi connectivity index (χ1n) is 14.4. The van der Waals surface area contributed by atoms with Crippen LogP contribution in [0.3, 0.4) is 0 Å². The molecule has 2 amide bonds. The Morgan fingerprint density at radius 3 is 1.11 bits per heavy atom. The third kappa shape index (κ3) is 23.2. The number of amides is 2. The predicted molar refractivity (Wildman–Crippen MR) is 157 cm³/mol. The van der Waals surface area contributed by atoms with Crippen molar-refractivity contribution in [3.05, 3.63) is 0 Å². The Bertz CT molecular complexity index is 916. The van der Waals surface area contributed by atoms with Crippen LogP contribution in [0.25, 0.3) is 0 Å². The van der Waals surface area contributed by atoms with E-state index in [0.29, 0.717) is 25.7 Å². The molecule has 2 atom stereocenters. The highest BCUT2D eigenvalue weighted by Gasteiger charge is 2.20. The third-order valence-electron chi connectivity index (χ3n) is 6.44. The molecule has 0 heterocycles. The molecule has 11 N–H and O–H groups in total. The van der Waals surface area contributed by atoms with Gasteiger partial charge in [0.25, 0.3) is 0 Å². The van der Waals surface area contributed by atoms with Crippen LogP contribution in [0.2, 0.25) is 0 Å². The van der Waals surface area contributed by atoms with Crippen LogP contribution in [0.4, 0.5) is 0 Å². The summed E-state index contributed by atoms with van der Waals surface area (Å²) in [5.41, 5.74) is 10.9. The molecule has 258 valence electrons. The highest BCUT2D eigenvalue weighted by molar-refractivity contribution is 5.79. The van der Waals surface area contributed by atoms with E-state index in [1.165, 1.54) is 14.7 Å². The molecule has 0 fully saturated rings. The number of hydrogen-bond acceptors (Lipinski definition) is 12. The monoisotopic (exact) mass is 649 g/mol. The van der Waals surface area contributed by atoms with Gasteiger partial charge < -0.3 is 47.6 Å². The van der Waals surface area contributed by atoms with Crippen LogP contribution in [0, 0.1) is 0 Å². The van der Waals surface area contributed by atoms with Gasteiger partial charge in [-0.1, -0.05) is 0 Å². The second-order valence-electron chi connectivity index (χ2n) is 10.5. The van der Waals surface area contributed by atoms with Crippen molar-refractivity contribution in [2.45, 2.75) is 50.6 Å². The first-order valence-corrected chi connectivity index (χ1v) is 14.4. The lowest BCUT2D eigenvalue weighted by molar-refractivity contribution is -0.141. The molecule has 0 aromatic heterocycles. The Morgan fingerprint density at radius 1 is 0.489 bits per heavy atom. The first kappa shape index (κ1) is 41.1. The highest BCUT2D eigenvalue weighted by Crippen LogP contribution is 2.01. The average molecular weight is 650 g/mol. The van der Waals surface area contributed by atoms with Gasteiger partial charge in [0.1, 0.15) is 12.1 Å². The molecule has 0 saturated heterocycles. The van der Waals surface area contributed by atoms with E-state index >= 15 is 0 Å². The molecule has 19 heteroatoms. The van der Waals surface area contributed by atoms with E-state index in [2.05, 4.69) is 10.6 Å². The van der Waals surface area contributed by atoms with Crippen LogP contribution in [0.15, 0.2) is 0 Å². The largest absolute Gasteiger partial charge is 0.480 e. The quantitative estimate of drug-likeness (QED) is 0.0372. The van der Waals surface area contributed by atoms with Gasteiger partial charge in [0.2, 0.25) is 11.8 Å². The third-order valence-corrected chi connectivity index (χ3v) is 6.44. The molecule has 0 aliphatic carbocycles. The SMILES string of the molecule is NC(CCCCNC(=O)CN(CCN(CCN(CC(=O)O)CC(=O)NCCCCC(N)C(=O)O)CC(=O)O)CC(=O)O)C(=O)O. The standard InChI is InChI=1S/C26H47N7O12/c27-18(25(42)43)5-1-3-7-29-20(34)13-32(16-23(38)39)11-9-31(15-22(36)37)10-12-33(17-24(40)41)14-21(35)30-8-4-2-6-19(28)26(44)45/h18-19H,1-17,27-28H2,(H,29,34)(H,30,35)(H,36,37)(H,38,39)(H,40,41)(H,42,43)(H,44,45). The Hall–Kier alpha value is -3.91. The Labute approximate surface area is 260 Å². The van der Waals surface area contributed by atoms with Crippen LogP contribution >= 0.6 is 0 Å². The van der Waals surface area contributed by atoms with Crippen LogP contribution in [0.5, 0.6) is 0 Å². The van der Waals surface area contributed by atoms with E-state index in [0.717, 1.165) is 0 Å². The molecule has 45 heavy (non-hydrogen) atoms. The molecule has 0 aliphatic heterocycles. The number of nitrogens with one attached hydrogen (secondary N) is 2. The van der Waals surface area contributed by atoms with Crippen molar-refractivity contribution in [2.24, 2.45) is 11.5 Å². The second-order valence-corrected chi connectivity index (χ2v) is 10.5. The zero-order chi connectivity index (χ0) is 34.4. The van der Waals surface area contributed by atoms with E-state index < -0.39 is 73.4 Å². The lowest BCUT2D eigenvalue weighted by Crippen LogP contribution is -2.47. The summed E-state index contributed by atoms with van der Waals surface area (Å²) < 4.78 is 0. The van der Waals surface area contributed by atoms with Crippen LogP contribution < -0.4 is 22.1 Å². The predicted octanol–water partition coefficient (Wildman–Crippen LogP) is -3.46. The number of nitrogens with zero attached hydrogens (tertiary/aromatic N) is 3. The summed E-state index contributed by atoms with van der Waals surface area (Å²) in [4.78, 5) is 84.4. The fourth-order valence-corrected chi connectivity index (χ4v) is 4.04. The minimum Gasteiger partial charge on any atom is -0.480 e. The summed E-state index contributed by atoms with van der Waals surface area (Å²) in [6.07, 6.45) is 2.31. The Balaban J connectivity index is 4.94. The molecule has 2 unspecified atom stereocenters. The highest BCUT2D eigenvalue weighted by atomic mass is 16.4. The van der Waals surface area contributed by atoms with Crippen LogP contribution in [0.1, 0.15) is 38.5 Å². The van der Waals surface area contributed by atoms with E-state index in [1.807, 2.05) is 0 Å². The number of unbranched alkanes of at least 4 members (excludes halogenated alkanes) is 2. The van der Waals surface area contributed by atoms with Crippen molar-refractivity contribution in [1.82, 2.24) is 25.3 Å². The molecule has 0 aliphatic rings. The molecule has 0 radical (unpaired) electrons. The van der Waals surface area contributed by atoms with Gasteiger partial charge in [0.15, 0.2) is 0 Å². The Morgan fingerprint density at radius 2 is 0.800 bits per heavy atom. The van der Waals surface area contributed by atoms with Gasteiger partial charge in [-0.3, -0.25) is 48.3 Å². The fourth-order valence-electron chi connectivity index (χ4n) is 4.04. The minimum absolute atomic E-state index is 0.00851. The van der Waals surface area contributed by atoms with E-state index in [9.17, 15) is 48.9 Å². The number of aliphatic carboxylic acids is 5. The van der Waals surface area contributed by atoms with Crippen molar-refractivity contribution < 1.29 is 59.1 Å². The topological polar surface area (TPSA) is 306 Å². The fraction of sp³-hybridized carbons (Fsp3) is 0.731.